The zero-order valence-corrected chi connectivity index (χ0v) is 5.79. The van der Waals surface area contributed by atoms with E-state index in [2.05, 4.69) is 0 Å². The molecule has 0 radical (unpaired) electrons. The van der Waals surface area contributed by atoms with Gasteiger partial charge in [-0.15, -0.1) is 0 Å². The summed E-state index contributed by atoms with van der Waals surface area (Å²) in [5.74, 6) is -0.0926. The highest BCUT2D eigenvalue weighted by Gasteiger charge is 2.15. The van der Waals surface area contributed by atoms with Crippen LogP contribution in [0.3, 0.4) is 0 Å². The summed E-state index contributed by atoms with van der Waals surface area (Å²) < 4.78 is 0. The summed E-state index contributed by atoms with van der Waals surface area (Å²) in [4.78, 5) is 10.7. The zero-order chi connectivity index (χ0) is 7.44. The fourth-order valence-corrected chi connectivity index (χ4v) is 0.505. The first-order valence-electron chi connectivity index (χ1n) is 3.06. The third-order valence-corrected chi connectivity index (χ3v) is 1.24. The van der Waals surface area contributed by atoms with Crippen LogP contribution in [0.2, 0.25) is 0 Å². The van der Waals surface area contributed by atoms with E-state index in [4.69, 9.17) is 10.8 Å². The van der Waals surface area contributed by atoms with Crippen molar-refractivity contribution in [3.63, 3.8) is 0 Å². The Bertz CT molecular complexity index is 101. The first-order valence-corrected chi connectivity index (χ1v) is 3.06. The molecule has 3 N–H and O–H groups in total. The van der Waals surface area contributed by atoms with Crippen molar-refractivity contribution in [2.24, 2.45) is 5.73 Å². The summed E-state index contributed by atoms with van der Waals surface area (Å²) >= 11 is 0. The van der Waals surface area contributed by atoms with Crippen LogP contribution >= 0.6 is 0 Å². The Kier molecular flexibility index (Phi) is 3.42. The van der Waals surface area contributed by atoms with Crippen molar-refractivity contribution >= 4 is 5.78 Å². The van der Waals surface area contributed by atoms with Gasteiger partial charge in [-0.05, 0) is 6.92 Å². The van der Waals surface area contributed by atoms with Gasteiger partial charge in [-0.1, -0.05) is 6.92 Å². The minimum atomic E-state index is -0.725. The van der Waals surface area contributed by atoms with Crippen molar-refractivity contribution in [3.05, 3.63) is 0 Å². The highest BCUT2D eigenvalue weighted by molar-refractivity contribution is 5.83. The van der Waals surface area contributed by atoms with E-state index in [0.717, 1.165) is 0 Å². The number of carbonyl (C=O) groups is 1. The van der Waals surface area contributed by atoms with E-state index in [0.29, 0.717) is 6.42 Å². The Labute approximate surface area is 54.9 Å². The molecule has 0 spiro atoms. The lowest BCUT2D eigenvalue weighted by Gasteiger charge is -2.10. The predicted molar refractivity (Wildman–Crippen MR) is 35.0 cm³/mol. The molecule has 0 fully saturated rings. The standard InChI is InChI=1S/C6H13NO2/c1-3-5(9)6(7)4(2)8/h4,6,8H,3,7H2,1-2H3/t4-,6?/m1/s1. The number of aliphatic hydroxyl groups excluding tert-OH is 1. The minimum absolute atomic E-state index is 0.0926. The lowest BCUT2D eigenvalue weighted by molar-refractivity contribution is -0.122. The van der Waals surface area contributed by atoms with Crippen LogP contribution in [0.1, 0.15) is 20.3 Å². The molecule has 1 unspecified atom stereocenters. The van der Waals surface area contributed by atoms with E-state index in [-0.39, 0.29) is 5.78 Å². The molecule has 0 aliphatic rings. The molecular formula is C6H13NO2. The highest BCUT2D eigenvalue weighted by Crippen LogP contribution is 1.92. The number of ketones is 1. The zero-order valence-electron chi connectivity index (χ0n) is 5.79. The van der Waals surface area contributed by atoms with Crippen molar-refractivity contribution in [2.45, 2.75) is 32.4 Å². The number of hydrogen-bond acceptors (Lipinski definition) is 3. The molecule has 2 atom stereocenters. The number of carbonyl (C=O) groups excluding carboxylic acids is 1. The Morgan fingerprint density at radius 3 is 2.33 bits per heavy atom. The van der Waals surface area contributed by atoms with Gasteiger partial charge in [0.25, 0.3) is 0 Å². The number of aliphatic hydroxyl groups is 1. The molecular weight excluding hydrogens is 118 g/mol. The van der Waals surface area contributed by atoms with Gasteiger partial charge < -0.3 is 10.8 Å². The summed E-state index contributed by atoms with van der Waals surface area (Å²) in [6.45, 7) is 3.24. The molecule has 0 heterocycles. The summed E-state index contributed by atoms with van der Waals surface area (Å²) in [5, 5.41) is 8.78. The molecule has 3 nitrogen and oxygen atoms in total. The van der Waals surface area contributed by atoms with Crippen molar-refractivity contribution in [1.82, 2.24) is 0 Å². The van der Waals surface area contributed by atoms with E-state index >= 15 is 0 Å². The fourth-order valence-electron chi connectivity index (χ4n) is 0.505. The van der Waals surface area contributed by atoms with Gasteiger partial charge in [0.15, 0.2) is 5.78 Å². The molecule has 0 amide bonds. The second-order valence-electron chi connectivity index (χ2n) is 2.09. The van der Waals surface area contributed by atoms with Crippen molar-refractivity contribution < 1.29 is 9.90 Å². The third-order valence-electron chi connectivity index (χ3n) is 1.24. The topological polar surface area (TPSA) is 63.3 Å². The van der Waals surface area contributed by atoms with Crippen LogP contribution in [0, 0.1) is 0 Å². The summed E-state index contributed by atoms with van der Waals surface area (Å²) in [5.41, 5.74) is 5.27. The second-order valence-corrected chi connectivity index (χ2v) is 2.09. The molecule has 0 aromatic heterocycles. The lowest BCUT2D eigenvalue weighted by atomic mass is 10.1. The SMILES string of the molecule is CCC(=O)C(N)[C@@H](C)O. The average Bonchev–Trinajstić information content (AvgIpc) is 1.84. The largest absolute Gasteiger partial charge is 0.391 e. The van der Waals surface area contributed by atoms with E-state index in [9.17, 15) is 4.79 Å². The maximum Gasteiger partial charge on any atom is 0.151 e. The van der Waals surface area contributed by atoms with Crippen LogP contribution in [0.4, 0.5) is 0 Å². The molecule has 0 aliphatic heterocycles. The highest BCUT2D eigenvalue weighted by atomic mass is 16.3. The van der Waals surface area contributed by atoms with Crippen molar-refractivity contribution in [3.8, 4) is 0 Å². The van der Waals surface area contributed by atoms with E-state index < -0.39 is 12.1 Å². The van der Waals surface area contributed by atoms with Crippen molar-refractivity contribution in [2.75, 3.05) is 0 Å². The molecule has 0 aromatic rings. The second kappa shape index (κ2) is 3.58. The van der Waals surface area contributed by atoms with Crippen LogP contribution in [0.25, 0.3) is 0 Å². The van der Waals surface area contributed by atoms with Crippen LogP contribution < -0.4 is 5.73 Å². The van der Waals surface area contributed by atoms with Gasteiger partial charge in [0.1, 0.15) is 0 Å². The first-order chi connectivity index (χ1) is 4.09. The normalized spacial score (nSPS) is 16.9. The number of Topliss-reactive ketones (excluding diaryl/α,β-unsaturated/α-hetero) is 1. The Morgan fingerprint density at radius 2 is 2.22 bits per heavy atom. The monoisotopic (exact) mass is 131 g/mol. The third kappa shape index (κ3) is 2.58. The van der Waals surface area contributed by atoms with Crippen LogP contribution in [-0.2, 0) is 4.79 Å². The van der Waals surface area contributed by atoms with Gasteiger partial charge in [0, 0.05) is 6.42 Å². The van der Waals surface area contributed by atoms with Gasteiger partial charge in [-0.3, -0.25) is 4.79 Å². The van der Waals surface area contributed by atoms with E-state index in [1.807, 2.05) is 0 Å². The van der Waals surface area contributed by atoms with E-state index in [1.54, 1.807) is 6.92 Å². The average molecular weight is 131 g/mol. The Morgan fingerprint density at radius 1 is 1.78 bits per heavy atom. The first kappa shape index (κ1) is 8.59. The van der Waals surface area contributed by atoms with Crippen LogP contribution in [0.15, 0.2) is 0 Å². The predicted octanol–water partition coefficient (Wildman–Crippen LogP) is -0.326. The Hall–Kier alpha value is -0.410. The molecule has 0 aliphatic carbocycles. The molecule has 3 heteroatoms. The minimum Gasteiger partial charge on any atom is -0.391 e. The quantitative estimate of drug-likeness (QED) is 0.551. The maximum atomic E-state index is 10.7. The lowest BCUT2D eigenvalue weighted by Crippen LogP contribution is -2.39. The van der Waals surface area contributed by atoms with Gasteiger partial charge in [-0.2, -0.15) is 0 Å². The Balaban J connectivity index is 3.72. The number of hydrogen-bond donors (Lipinski definition) is 2. The molecule has 0 saturated carbocycles. The van der Waals surface area contributed by atoms with Gasteiger partial charge in [0.05, 0.1) is 12.1 Å². The molecule has 0 aromatic carbocycles. The van der Waals surface area contributed by atoms with Crippen molar-refractivity contribution in [1.29, 1.82) is 0 Å². The number of nitrogens with two attached hydrogens (primary N) is 1. The molecule has 0 saturated heterocycles. The smallest absolute Gasteiger partial charge is 0.151 e. The molecule has 54 valence electrons. The van der Waals surface area contributed by atoms with Gasteiger partial charge >= 0.3 is 0 Å². The van der Waals surface area contributed by atoms with Gasteiger partial charge in [-0.25, -0.2) is 0 Å². The molecule has 0 bridgehead atoms. The fraction of sp³-hybridized carbons (Fsp3) is 0.833. The van der Waals surface area contributed by atoms with Crippen LogP contribution in [0.5, 0.6) is 0 Å². The molecule has 9 heavy (non-hydrogen) atoms. The van der Waals surface area contributed by atoms with Crippen LogP contribution in [-0.4, -0.2) is 23.0 Å². The summed E-state index contributed by atoms with van der Waals surface area (Å²) in [6, 6.07) is -0.699. The maximum absolute atomic E-state index is 10.7. The summed E-state index contributed by atoms with van der Waals surface area (Å²) in [7, 11) is 0. The molecule has 0 rings (SSSR count). The van der Waals surface area contributed by atoms with Gasteiger partial charge in [0.2, 0.25) is 0 Å². The number of rotatable bonds is 3. The summed E-state index contributed by atoms with van der Waals surface area (Å²) in [6.07, 6.45) is -0.330. The van der Waals surface area contributed by atoms with E-state index in [1.165, 1.54) is 6.92 Å².